The van der Waals surface area contributed by atoms with Gasteiger partial charge in [-0.25, -0.2) is 0 Å². The molecule has 3 nitrogen and oxygen atoms in total. The summed E-state index contributed by atoms with van der Waals surface area (Å²) >= 11 is 3.39. The number of hydrogen-bond acceptors (Lipinski definition) is 3. The molecule has 0 aliphatic carbocycles. The fraction of sp³-hybridized carbons (Fsp3) is 0.545. The van der Waals surface area contributed by atoms with Crippen LogP contribution in [0.15, 0.2) is 22.8 Å². The van der Waals surface area contributed by atoms with Gasteiger partial charge in [0.15, 0.2) is 0 Å². The molecule has 0 saturated carbocycles. The second kappa shape index (κ2) is 5.58. The molecule has 0 atom stereocenters. The highest BCUT2D eigenvalue weighted by atomic mass is 79.9. The van der Waals surface area contributed by atoms with Crippen LogP contribution in [0.2, 0.25) is 0 Å². The van der Waals surface area contributed by atoms with Crippen molar-refractivity contribution in [2.75, 3.05) is 32.7 Å². The molecule has 0 bridgehead atoms. The quantitative estimate of drug-likeness (QED) is 0.897. The summed E-state index contributed by atoms with van der Waals surface area (Å²) in [7, 11) is 0. The Hall–Kier alpha value is -0.450. The third-order valence-electron chi connectivity index (χ3n) is 2.68. The second-order valence-electron chi connectivity index (χ2n) is 3.81. The molecular weight excluding hydrogens is 254 g/mol. The average Bonchev–Trinajstić information content (AvgIpc) is 2.30. The molecule has 0 spiro atoms. The summed E-state index contributed by atoms with van der Waals surface area (Å²) < 4.78 is 1.05. The van der Waals surface area contributed by atoms with Crippen molar-refractivity contribution in [2.24, 2.45) is 0 Å². The molecule has 1 aromatic rings. The first-order valence-electron chi connectivity index (χ1n) is 5.38. The Morgan fingerprint density at radius 1 is 1.33 bits per heavy atom. The average molecular weight is 270 g/mol. The van der Waals surface area contributed by atoms with E-state index in [-0.39, 0.29) is 0 Å². The van der Waals surface area contributed by atoms with Crippen molar-refractivity contribution < 1.29 is 0 Å². The highest BCUT2D eigenvalue weighted by Gasteiger charge is 2.08. The van der Waals surface area contributed by atoms with Gasteiger partial charge in [-0.15, -0.1) is 0 Å². The molecule has 1 N–H and O–H groups in total. The van der Waals surface area contributed by atoms with Crippen molar-refractivity contribution in [3.05, 3.63) is 28.5 Å². The summed E-state index contributed by atoms with van der Waals surface area (Å²) in [6, 6.07) is 4.15. The first kappa shape index (κ1) is 11.0. The molecule has 0 amide bonds. The SMILES string of the molecule is Brc1ccc(CCN2CCNCC2)nc1. The molecule has 1 fully saturated rings. The van der Waals surface area contributed by atoms with Gasteiger partial charge in [-0.3, -0.25) is 4.98 Å². The standard InChI is InChI=1S/C11H16BrN3/c12-10-1-2-11(14-9-10)3-6-15-7-4-13-5-8-15/h1-2,9,13H,3-8H2. The van der Waals surface area contributed by atoms with Gasteiger partial charge in [-0.2, -0.15) is 0 Å². The van der Waals surface area contributed by atoms with Gasteiger partial charge in [-0.1, -0.05) is 0 Å². The second-order valence-corrected chi connectivity index (χ2v) is 4.73. The van der Waals surface area contributed by atoms with E-state index in [0.29, 0.717) is 0 Å². The van der Waals surface area contributed by atoms with E-state index in [1.165, 1.54) is 5.69 Å². The van der Waals surface area contributed by atoms with Crippen molar-refractivity contribution in [2.45, 2.75) is 6.42 Å². The molecule has 0 radical (unpaired) electrons. The van der Waals surface area contributed by atoms with E-state index in [9.17, 15) is 0 Å². The maximum absolute atomic E-state index is 4.37. The molecule has 2 heterocycles. The van der Waals surface area contributed by atoms with Crippen LogP contribution >= 0.6 is 15.9 Å². The summed E-state index contributed by atoms with van der Waals surface area (Å²) in [5, 5.41) is 3.36. The highest BCUT2D eigenvalue weighted by molar-refractivity contribution is 9.10. The number of halogens is 1. The Morgan fingerprint density at radius 2 is 2.13 bits per heavy atom. The zero-order valence-corrected chi connectivity index (χ0v) is 10.3. The number of aromatic nitrogens is 1. The Morgan fingerprint density at radius 3 is 2.80 bits per heavy atom. The van der Waals surface area contributed by atoms with Crippen molar-refractivity contribution in [3.63, 3.8) is 0 Å². The highest BCUT2D eigenvalue weighted by Crippen LogP contribution is 2.08. The van der Waals surface area contributed by atoms with Crippen LogP contribution in [0.4, 0.5) is 0 Å². The summed E-state index contributed by atoms with van der Waals surface area (Å²) in [5.41, 5.74) is 1.18. The minimum atomic E-state index is 1.05. The fourth-order valence-electron chi connectivity index (χ4n) is 1.76. The van der Waals surface area contributed by atoms with Crippen LogP contribution < -0.4 is 5.32 Å². The Balaban J connectivity index is 1.79. The van der Waals surface area contributed by atoms with Gasteiger partial charge in [0.05, 0.1) is 0 Å². The smallest absolute Gasteiger partial charge is 0.0417 e. The van der Waals surface area contributed by atoms with Crippen LogP contribution in [-0.2, 0) is 6.42 Å². The van der Waals surface area contributed by atoms with Crippen LogP contribution in [0.1, 0.15) is 5.69 Å². The minimum absolute atomic E-state index is 1.05. The Kier molecular flexibility index (Phi) is 4.11. The predicted molar refractivity (Wildman–Crippen MR) is 65.0 cm³/mol. The lowest BCUT2D eigenvalue weighted by Gasteiger charge is -2.26. The third-order valence-corrected chi connectivity index (χ3v) is 3.15. The maximum Gasteiger partial charge on any atom is 0.0417 e. The molecule has 15 heavy (non-hydrogen) atoms. The number of nitrogens with one attached hydrogen (secondary N) is 1. The lowest BCUT2D eigenvalue weighted by Crippen LogP contribution is -2.44. The van der Waals surface area contributed by atoms with Crippen LogP contribution in [0.5, 0.6) is 0 Å². The van der Waals surface area contributed by atoms with Crippen molar-refractivity contribution >= 4 is 15.9 Å². The van der Waals surface area contributed by atoms with Gasteiger partial charge >= 0.3 is 0 Å². The van der Waals surface area contributed by atoms with Crippen molar-refractivity contribution in [3.8, 4) is 0 Å². The summed E-state index contributed by atoms with van der Waals surface area (Å²) in [4.78, 5) is 6.86. The summed E-state index contributed by atoms with van der Waals surface area (Å²) in [6.07, 6.45) is 2.92. The first-order valence-corrected chi connectivity index (χ1v) is 6.17. The molecule has 1 aliphatic heterocycles. The van der Waals surface area contributed by atoms with Crippen LogP contribution in [0.3, 0.4) is 0 Å². The molecule has 1 aliphatic rings. The zero-order chi connectivity index (χ0) is 10.5. The summed E-state index contributed by atoms with van der Waals surface area (Å²) in [6.45, 7) is 5.69. The maximum atomic E-state index is 4.37. The van der Waals surface area contributed by atoms with E-state index in [0.717, 1.165) is 43.6 Å². The number of rotatable bonds is 3. The number of nitrogens with zero attached hydrogens (tertiary/aromatic N) is 2. The van der Waals surface area contributed by atoms with Gasteiger partial charge in [0, 0.05) is 55.5 Å². The van der Waals surface area contributed by atoms with Crippen LogP contribution in [-0.4, -0.2) is 42.6 Å². The van der Waals surface area contributed by atoms with E-state index in [1.807, 2.05) is 6.20 Å². The molecule has 0 aromatic carbocycles. The minimum Gasteiger partial charge on any atom is -0.314 e. The van der Waals surface area contributed by atoms with Gasteiger partial charge in [0.25, 0.3) is 0 Å². The van der Waals surface area contributed by atoms with E-state index >= 15 is 0 Å². The molecular formula is C11H16BrN3. The number of piperazine rings is 1. The number of hydrogen-bond donors (Lipinski definition) is 1. The first-order chi connectivity index (χ1) is 7.34. The fourth-order valence-corrected chi connectivity index (χ4v) is 2.00. The van der Waals surface area contributed by atoms with Crippen molar-refractivity contribution in [1.82, 2.24) is 15.2 Å². The van der Waals surface area contributed by atoms with Crippen LogP contribution in [0.25, 0.3) is 0 Å². The van der Waals surface area contributed by atoms with E-state index in [2.05, 4.69) is 43.3 Å². The largest absolute Gasteiger partial charge is 0.314 e. The van der Waals surface area contributed by atoms with Gasteiger partial charge < -0.3 is 10.2 Å². The molecule has 1 aromatic heterocycles. The molecule has 1 saturated heterocycles. The van der Waals surface area contributed by atoms with E-state index in [4.69, 9.17) is 0 Å². The predicted octanol–water partition coefficient (Wildman–Crippen LogP) is 1.29. The third kappa shape index (κ3) is 3.55. The van der Waals surface area contributed by atoms with Crippen molar-refractivity contribution in [1.29, 1.82) is 0 Å². The van der Waals surface area contributed by atoms with Gasteiger partial charge in [0.1, 0.15) is 0 Å². The molecule has 2 rings (SSSR count). The van der Waals surface area contributed by atoms with Gasteiger partial charge in [-0.05, 0) is 28.1 Å². The molecule has 0 unspecified atom stereocenters. The molecule has 82 valence electrons. The lowest BCUT2D eigenvalue weighted by atomic mass is 10.2. The monoisotopic (exact) mass is 269 g/mol. The zero-order valence-electron chi connectivity index (χ0n) is 8.75. The Labute approximate surface area is 99.0 Å². The molecule has 4 heteroatoms. The normalized spacial score (nSPS) is 17.9. The van der Waals surface area contributed by atoms with Crippen LogP contribution in [0, 0.1) is 0 Å². The van der Waals surface area contributed by atoms with E-state index in [1.54, 1.807) is 0 Å². The topological polar surface area (TPSA) is 28.2 Å². The number of pyridine rings is 1. The lowest BCUT2D eigenvalue weighted by molar-refractivity contribution is 0.243. The van der Waals surface area contributed by atoms with Gasteiger partial charge in [0.2, 0.25) is 0 Å². The Bertz CT molecular complexity index is 293. The van der Waals surface area contributed by atoms with E-state index < -0.39 is 0 Å². The summed E-state index contributed by atoms with van der Waals surface area (Å²) in [5.74, 6) is 0.